The van der Waals surface area contributed by atoms with Gasteiger partial charge in [0.05, 0.1) is 11.3 Å². The number of aromatic amines is 1. The van der Waals surface area contributed by atoms with Crippen molar-refractivity contribution in [2.75, 3.05) is 14.1 Å². The van der Waals surface area contributed by atoms with Gasteiger partial charge in [-0.2, -0.15) is 0 Å². The van der Waals surface area contributed by atoms with Crippen LogP contribution in [-0.4, -0.2) is 41.3 Å². The number of benzene rings is 2. The van der Waals surface area contributed by atoms with Crippen LogP contribution in [0.25, 0.3) is 10.8 Å². The lowest BCUT2D eigenvalue weighted by molar-refractivity contribution is 0.0857. The van der Waals surface area contributed by atoms with Crippen molar-refractivity contribution in [3.63, 3.8) is 0 Å². The number of nitrogens with zero attached hydrogens (tertiary/aromatic N) is 2. The molecular weight excluding hydrogens is 412 g/mol. The van der Waals surface area contributed by atoms with Gasteiger partial charge in [-0.15, -0.1) is 0 Å². The summed E-state index contributed by atoms with van der Waals surface area (Å²) in [7, 11) is 3.46. The van der Waals surface area contributed by atoms with E-state index in [1.807, 2.05) is 0 Å². The molecule has 0 saturated heterocycles. The number of aromatic hydroxyl groups is 1. The van der Waals surface area contributed by atoms with Crippen molar-refractivity contribution in [1.82, 2.24) is 15.4 Å². The Morgan fingerprint density at radius 2 is 1.89 bits per heavy atom. The first-order valence-corrected chi connectivity index (χ1v) is 8.81. The lowest BCUT2D eigenvalue weighted by Gasteiger charge is -2.11. The lowest BCUT2D eigenvalue weighted by Crippen LogP contribution is -2.36. The second kappa shape index (κ2) is 7.73. The van der Waals surface area contributed by atoms with Gasteiger partial charge in [0, 0.05) is 41.1 Å². The summed E-state index contributed by atoms with van der Waals surface area (Å²) >= 11 is 3.37. The SMILES string of the molecule is CN(C)NC(=O)c1ccc(N=Cc2c(O)[nH]c(=O)c3ccc(Br)cc23)cc1. The third kappa shape index (κ3) is 4.24. The number of aliphatic imine (C=N–C) groups is 1. The van der Waals surface area contributed by atoms with Crippen LogP contribution in [-0.2, 0) is 0 Å². The molecular formula is C19H17BrN4O3. The van der Waals surface area contributed by atoms with Gasteiger partial charge >= 0.3 is 0 Å². The van der Waals surface area contributed by atoms with Gasteiger partial charge in [-0.3, -0.25) is 25.0 Å². The summed E-state index contributed by atoms with van der Waals surface area (Å²) in [5.41, 5.74) is 3.80. The zero-order chi connectivity index (χ0) is 19.6. The van der Waals surface area contributed by atoms with E-state index in [1.54, 1.807) is 61.6 Å². The molecule has 8 heteroatoms. The summed E-state index contributed by atoms with van der Waals surface area (Å²) in [5.74, 6) is -0.471. The normalized spacial score (nSPS) is 11.4. The molecule has 0 atom stereocenters. The van der Waals surface area contributed by atoms with Crippen molar-refractivity contribution in [2.45, 2.75) is 0 Å². The van der Waals surface area contributed by atoms with Crippen LogP contribution in [0.2, 0.25) is 0 Å². The van der Waals surface area contributed by atoms with Crippen molar-refractivity contribution in [3.05, 3.63) is 68.4 Å². The molecule has 0 aliphatic rings. The number of hydrogen-bond acceptors (Lipinski definition) is 5. The molecule has 1 amide bonds. The maximum Gasteiger partial charge on any atom is 0.265 e. The number of nitrogens with one attached hydrogen (secondary N) is 2. The second-order valence-corrected chi connectivity index (χ2v) is 6.96. The largest absolute Gasteiger partial charge is 0.494 e. The van der Waals surface area contributed by atoms with Crippen molar-refractivity contribution in [3.8, 4) is 5.88 Å². The van der Waals surface area contributed by atoms with E-state index in [4.69, 9.17) is 0 Å². The Morgan fingerprint density at radius 1 is 1.19 bits per heavy atom. The molecule has 1 aromatic heterocycles. The molecule has 1 heterocycles. The standard InChI is InChI=1S/C19H17BrN4O3/c1-24(2)23-17(25)11-3-6-13(7-4-11)21-10-16-15-9-12(20)5-8-14(15)18(26)22-19(16)27/h3-10H,1-2H3,(H,23,25)(H2,22,26,27). The van der Waals surface area contributed by atoms with Gasteiger partial charge in [0.15, 0.2) is 0 Å². The van der Waals surface area contributed by atoms with Gasteiger partial charge in [0.2, 0.25) is 5.88 Å². The first-order chi connectivity index (χ1) is 12.8. The van der Waals surface area contributed by atoms with E-state index >= 15 is 0 Å². The molecule has 0 aliphatic carbocycles. The Hall–Kier alpha value is -2.97. The van der Waals surface area contributed by atoms with E-state index in [9.17, 15) is 14.7 Å². The van der Waals surface area contributed by atoms with Crippen LogP contribution < -0.4 is 11.0 Å². The molecule has 27 heavy (non-hydrogen) atoms. The van der Waals surface area contributed by atoms with E-state index in [1.165, 1.54) is 6.21 Å². The van der Waals surface area contributed by atoms with Gasteiger partial charge < -0.3 is 5.11 Å². The Kier molecular flexibility index (Phi) is 5.38. The van der Waals surface area contributed by atoms with Gasteiger partial charge in [0.25, 0.3) is 11.5 Å². The van der Waals surface area contributed by atoms with E-state index < -0.39 is 0 Å². The van der Waals surface area contributed by atoms with E-state index in [2.05, 4.69) is 31.3 Å². The van der Waals surface area contributed by atoms with Crippen molar-refractivity contribution >= 4 is 44.5 Å². The fourth-order valence-electron chi connectivity index (χ4n) is 2.54. The molecule has 0 aliphatic heterocycles. The number of hydrogen-bond donors (Lipinski definition) is 3. The molecule has 3 rings (SSSR count). The highest BCUT2D eigenvalue weighted by Crippen LogP contribution is 2.25. The number of halogens is 1. The molecule has 0 radical (unpaired) electrons. The third-order valence-electron chi connectivity index (χ3n) is 3.80. The molecule has 3 aromatic rings. The fraction of sp³-hybridized carbons (Fsp3) is 0.105. The summed E-state index contributed by atoms with van der Waals surface area (Å²) in [4.78, 5) is 30.7. The minimum Gasteiger partial charge on any atom is -0.494 e. The van der Waals surface area contributed by atoms with E-state index in [-0.39, 0.29) is 17.3 Å². The molecule has 138 valence electrons. The number of hydrazine groups is 1. The van der Waals surface area contributed by atoms with Crippen molar-refractivity contribution in [1.29, 1.82) is 0 Å². The van der Waals surface area contributed by atoms with Crippen LogP contribution in [0, 0.1) is 0 Å². The third-order valence-corrected chi connectivity index (χ3v) is 4.29. The number of H-pyrrole nitrogens is 1. The Bertz CT molecular complexity index is 1090. The highest BCUT2D eigenvalue weighted by atomic mass is 79.9. The average molecular weight is 429 g/mol. The van der Waals surface area contributed by atoms with E-state index in [0.29, 0.717) is 27.6 Å². The van der Waals surface area contributed by atoms with Crippen LogP contribution in [0.3, 0.4) is 0 Å². The molecule has 0 spiro atoms. The highest BCUT2D eigenvalue weighted by molar-refractivity contribution is 9.10. The number of pyridine rings is 1. The molecule has 0 bridgehead atoms. The maximum atomic E-state index is 12.0. The number of carbonyl (C=O) groups excluding carboxylic acids is 1. The monoisotopic (exact) mass is 428 g/mol. The smallest absolute Gasteiger partial charge is 0.265 e. The van der Waals surface area contributed by atoms with Gasteiger partial charge in [-0.25, -0.2) is 5.01 Å². The lowest BCUT2D eigenvalue weighted by atomic mass is 10.1. The van der Waals surface area contributed by atoms with Crippen LogP contribution >= 0.6 is 15.9 Å². The van der Waals surface area contributed by atoms with Gasteiger partial charge in [-0.05, 0) is 42.5 Å². The summed E-state index contributed by atoms with van der Waals surface area (Å²) < 4.78 is 0.783. The molecule has 0 saturated carbocycles. The number of aromatic nitrogens is 1. The minimum absolute atomic E-state index is 0.218. The number of fused-ring (bicyclic) bond motifs is 1. The second-order valence-electron chi connectivity index (χ2n) is 6.05. The summed E-state index contributed by atoms with van der Waals surface area (Å²) in [6.07, 6.45) is 1.48. The highest BCUT2D eigenvalue weighted by Gasteiger charge is 2.10. The predicted molar refractivity (Wildman–Crippen MR) is 109 cm³/mol. The molecule has 3 N–H and O–H groups in total. The number of carbonyl (C=O) groups is 1. The zero-order valence-electron chi connectivity index (χ0n) is 14.7. The predicted octanol–water partition coefficient (Wildman–Crippen LogP) is 2.95. The Morgan fingerprint density at radius 3 is 2.56 bits per heavy atom. The minimum atomic E-state index is -0.372. The van der Waals surface area contributed by atoms with Crippen LogP contribution in [0.1, 0.15) is 15.9 Å². The van der Waals surface area contributed by atoms with Crippen LogP contribution in [0.4, 0.5) is 5.69 Å². The first kappa shape index (κ1) is 18.8. The van der Waals surface area contributed by atoms with Crippen LogP contribution in [0.15, 0.2) is 56.7 Å². The van der Waals surface area contributed by atoms with Gasteiger partial charge in [-0.1, -0.05) is 15.9 Å². The summed E-state index contributed by atoms with van der Waals surface area (Å²) in [5, 5.41) is 12.7. The van der Waals surface area contributed by atoms with Crippen LogP contribution in [0.5, 0.6) is 5.88 Å². The average Bonchev–Trinajstić information content (AvgIpc) is 2.61. The van der Waals surface area contributed by atoms with E-state index in [0.717, 1.165) is 4.47 Å². The number of rotatable bonds is 4. The molecule has 2 aromatic carbocycles. The number of amides is 1. The first-order valence-electron chi connectivity index (χ1n) is 8.02. The molecule has 0 unspecified atom stereocenters. The Balaban J connectivity index is 1.94. The van der Waals surface area contributed by atoms with Crippen molar-refractivity contribution in [2.24, 2.45) is 4.99 Å². The topological polar surface area (TPSA) is 97.8 Å². The van der Waals surface area contributed by atoms with Gasteiger partial charge in [0.1, 0.15) is 0 Å². The van der Waals surface area contributed by atoms with Crippen molar-refractivity contribution < 1.29 is 9.90 Å². The quantitative estimate of drug-likeness (QED) is 0.439. The molecule has 7 nitrogen and oxygen atoms in total. The summed E-state index contributed by atoms with van der Waals surface area (Å²) in [6.45, 7) is 0. The maximum absolute atomic E-state index is 12.0. The Labute approximate surface area is 163 Å². The summed E-state index contributed by atoms with van der Waals surface area (Å²) in [6, 6.07) is 11.9. The molecule has 0 fully saturated rings. The zero-order valence-corrected chi connectivity index (χ0v) is 16.2. The fourth-order valence-corrected chi connectivity index (χ4v) is 2.90.